The molecule has 132 valence electrons. The fraction of sp³-hybridized carbons (Fsp3) is 0.688. The van der Waals surface area contributed by atoms with E-state index in [-0.39, 0.29) is 50.2 Å². The van der Waals surface area contributed by atoms with Crippen molar-refractivity contribution in [3.05, 3.63) is 18.0 Å². The smallest absolute Gasteiger partial charge is 0.251 e. The summed E-state index contributed by atoms with van der Waals surface area (Å²) in [6.45, 7) is 4.36. The van der Waals surface area contributed by atoms with Crippen LogP contribution in [0.5, 0.6) is 0 Å². The molecule has 8 heteroatoms. The quantitative estimate of drug-likeness (QED) is 0.823. The Morgan fingerprint density at radius 1 is 1.25 bits per heavy atom. The zero-order chi connectivity index (χ0) is 17.5. The molecule has 0 radical (unpaired) electrons. The van der Waals surface area contributed by atoms with Crippen LogP contribution in [0.2, 0.25) is 0 Å². The zero-order valence-corrected chi connectivity index (χ0v) is 13.9. The predicted molar refractivity (Wildman–Crippen MR) is 82.3 cm³/mol. The van der Waals surface area contributed by atoms with Gasteiger partial charge in [0.05, 0.1) is 18.8 Å². The standard InChI is InChI=1S/C16H22F2N4O2/c1-11(2)14(23)21-9-12-3-6-19-22(12)13(10-21)15(24)20-7-4-16(17,18)5-8-20/h3,6,11,13H,4-5,7-10H2,1-2H3/t13-/m0/s1. The minimum absolute atomic E-state index is 0.0228. The van der Waals surface area contributed by atoms with Crippen LogP contribution in [0.25, 0.3) is 0 Å². The maximum Gasteiger partial charge on any atom is 0.251 e. The van der Waals surface area contributed by atoms with Crippen LogP contribution in [0.1, 0.15) is 38.4 Å². The van der Waals surface area contributed by atoms with Crippen LogP contribution in [0.4, 0.5) is 8.78 Å². The molecule has 1 saturated heterocycles. The Bertz CT molecular complexity index is 634. The molecule has 2 amide bonds. The topological polar surface area (TPSA) is 58.4 Å². The monoisotopic (exact) mass is 340 g/mol. The lowest BCUT2D eigenvalue weighted by molar-refractivity contribution is -0.145. The van der Waals surface area contributed by atoms with Gasteiger partial charge in [0, 0.05) is 38.0 Å². The second kappa shape index (κ2) is 6.14. The molecular formula is C16H22F2N4O2. The van der Waals surface area contributed by atoms with Crippen LogP contribution in [0.3, 0.4) is 0 Å². The molecule has 2 aliphatic rings. The predicted octanol–water partition coefficient (Wildman–Crippen LogP) is 1.68. The number of hydrogen-bond donors (Lipinski definition) is 0. The maximum atomic E-state index is 13.3. The number of carbonyl (C=O) groups is 2. The summed E-state index contributed by atoms with van der Waals surface area (Å²) in [5.74, 6) is -3.12. The minimum atomic E-state index is -2.69. The molecule has 0 N–H and O–H groups in total. The molecule has 0 unspecified atom stereocenters. The van der Waals surface area contributed by atoms with E-state index in [1.54, 1.807) is 21.8 Å². The van der Waals surface area contributed by atoms with Crippen molar-refractivity contribution in [1.82, 2.24) is 19.6 Å². The van der Waals surface area contributed by atoms with Gasteiger partial charge in [-0.05, 0) is 6.07 Å². The normalized spacial score (nSPS) is 23.3. The van der Waals surface area contributed by atoms with Crippen molar-refractivity contribution in [3.8, 4) is 0 Å². The third-order valence-electron chi connectivity index (χ3n) is 4.69. The number of amides is 2. The molecule has 2 aliphatic heterocycles. The van der Waals surface area contributed by atoms with Crippen LogP contribution >= 0.6 is 0 Å². The second-order valence-electron chi connectivity index (χ2n) is 6.84. The first-order valence-corrected chi connectivity index (χ1v) is 8.26. The molecule has 24 heavy (non-hydrogen) atoms. The van der Waals surface area contributed by atoms with Crippen molar-refractivity contribution in [3.63, 3.8) is 0 Å². The highest BCUT2D eigenvalue weighted by Crippen LogP contribution is 2.30. The van der Waals surface area contributed by atoms with Gasteiger partial charge in [-0.3, -0.25) is 14.3 Å². The molecule has 0 bridgehead atoms. The molecule has 0 aromatic carbocycles. The highest BCUT2D eigenvalue weighted by Gasteiger charge is 2.40. The van der Waals surface area contributed by atoms with Crippen molar-refractivity contribution >= 4 is 11.8 Å². The van der Waals surface area contributed by atoms with Crippen molar-refractivity contribution in [2.24, 2.45) is 5.92 Å². The molecule has 1 atom stereocenters. The fourth-order valence-electron chi connectivity index (χ4n) is 3.27. The Balaban J connectivity index is 1.79. The summed E-state index contributed by atoms with van der Waals surface area (Å²) in [6, 6.07) is 1.14. The van der Waals surface area contributed by atoms with Crippen molar-refractivity contribution in [2.45, 2.75) is 45.2 Å². The lowest BCUT2D eigenvalue weighted by Gasteiger charge is -2.38. The number of likely N-dealkylation sites (tertiary alicyclic amines) is 1. The molecule has 0 saturated carbocycles. The van der Waals surface area contributed by atoms with Gasteiger partial charge in [-0.1, -0.05) is 13.8 Å². The Morgan fingerprint density at radius 3 is 2.54 bits per heavy atom. The molecule has 1 aromatic heterocycles. The first kappa shape index (κ1) is 16.9. The Morgan fingerprint density at radius 2 is 1.92 bits per heavy atom. The van der Waals surface area contributed by atoms with Gasteiger partial charge in [-0.15, -0.1) is 0 Å². The molecule has 1 aromatic rings. The molecule has 0 aliphatic carbocycles. The number of rotatable bonds is 2. The molecule has 0 spiro atoms. The fourth-order valence-corrected chi connectivity index (χ4v) is 3.27. The number of nitrogens with zero attached hydrogens (tertiary/aromatic N) is 4. The van der Waals surface area contributed by atoms with Crippen LogP contribution in [-0.2, 0) is 16.1 Å². The van der Waals surface area contributed by atoms with E-state index in [0.717, 1.165) is 5.69 Å². The first-order chi connectivity index (χ1) is 11.3. The summed E-state index contributed by atoms with van der Waals surface area (Å²) in [7, 11) is 0. The number of fused-ring (bicyclic) bond motifs is 1. The molecule has 3 rings (SSSR count). The summed E-state index contributed by atoms with van der Waals surface area (Å²) in [6.07, 6.45) is 0.974. The van der Waals surface area contributed by atoms with Gasteiger partial charge < -0.3 is 9.80 Å². The summed E-state index contributed by atoms with van der Waals surface area (Å²) >= 11 is 0. The van der Waals surface area contributed by atoms with Crippen LogP contribution in [0.15, 0.2) is 12.3 Å². The SMILES string of the molecule is CC(C)C(=O)N1Cc2ccnn2[C@H](C(=O)N2CCC(F)(F)CC2)C1. The molecule has 3 heterocycles. The van der Waals surface area contributed by atoms with E-state index in [0.29, 0.717) is 6.54 Å². The highest BCUT2D eigenvalue weighted by molar-refractivity contribution is 5.83. The average Bonchev–Trinajstić information content (AvgIpc) is 3.00. The minimum Gasteiger partial charge on any atom is -0.340 e. The maximum absolute atomic E-state index is 13.3. The highest BCUT2D eigenvalue weighted by atomic mass is 19.3. The number of carbonyl (C=O) groups excluding carboxylic acids is 2. The van der Waals surface area contributed by atoms with Gasteiger partial charge in [0.25, 0.3) is 5.92 Å². The summed E-state index contributed by atoms with van der Waals surface area (Å²) in [5, 5.41) is 4.20. The zero-order valence-electron chi connectivity index (χ0n) is 13.9. The summed E-state index contributed by atoms with van der Waals surface area (Å²) in [4.78, 5) is 28.3. The Labute approximate surface area is 139 Å². The van der Waals surface area contributed by atoms with Crippen LogP contribution in [-0.4, -0.2) is 57.0 Å². The van der Waals surface area contributed by atoms with Gasteiger partial charge in [-0.25, -0.2) is 8.78 Å². The van der Waals surface area contributed by atoms with E-state index in [1.165, 1.54) is 4.90 Å². The molecule has 1 fully saturated rings. The lowest BCUT2D eigenvalue weighted by atomic mass is 10.0. The average molecular weight is 340 g/mol. The number of halogens is 2. The van der Waals surface area contributed by atoms with E-state index in [9.17, 15) is 18.4 Å². The summed E-state index contributed by atoms with van der Waals surface area (Å²) < 4.78 is 28.3. The van der Waals surface area contributed by atoms with E-state index in [1.807, 2.05) is 13.8 Å². The second-order valence-corrected chi connectivity index (χ2v) is 6.84. The van der Waals surface area contributed by atoms with E-state index in [2.05, 4.69) is 5.10 Å². The first-order valence-electron chi connectivity index (χ1n) is 8.26. The van der Waals surface area contributed by atoms with Gasteiger partial charge in [0.2, 0.25) is 11.8 Å². The largest absolute Gasteiger partial charge is 0.340 e. The van der Waals surface area contributed by atoms with Crippen molar-refractivity contribution in [1.29, 1.82) is 0 Å². The Hall–Kier alpha value is -1.99. The summed E-state index contributed by atoms with van der Waals surface area (Å²) in [5.41, 5.74) is 0.788. The number of aromatic nitrogens is 2. The Kier molecular flexibility index (Phi) is 4.31. The number of alkyl halides is 2. The number of hydrogen-bond acceptors (Lipinski definition) is 3. The van der Waals surface area contributed by atoms with E-state index in [4.69, 9.17) is 0 Å². The van der Waals surface area contributed by atoms with Gasteiger partial charge in [0.1, 0.15) is 6.04 Å². The van der Waals surface area contributed by atoms with Crippen molar-refractivity contribution < 1.29 is 18.4 Å². The van der Waals surface area contributed by atoms with Gasteiger partial charge in [0.15, 0.2) is 0 Å². The van der Waals surface area contributed by atoms with Gasteiger partial charge >= 0.3 is 0 Å². The van der Waals surface area contributed by atoms with E-state index >= 15 is 0 Å². The molecule has 6 nitrogen and oxygen atoms in total. The third kappa shape index (κ3) is 3.14. The number of piperidine rings is 1. The van der Waals surface area contributed by atoms with Crippen LogP contribution < -0.4 is 0 Å². The van der Waals surface area contributed by atoms with Gasteiger partial charge in [-0.2, -0.15) is 5.10 Å². The van der Waals surface area contributed by atoms with E-state index < -0.39 is 12.0 Å². The molecular weight excluding hydrogens is 318 g/mol. The van der Waals surface area contributed by atoms with Crippen molar-refractivity contribution in [2.75, 3.05) is 19.6 Å². The van der Waals surface area contributed by atoms with Crippen LogP contribution in [0, 0.1) is 5.92 Å². The third-order valence-corrected chi connectivity index (χ3v) is 4.69. The lowest BCUT2D eigenvalue weighted by Crippen LogP contribution is -2.51.